The number of nitrogens with one attached hydrogen (secondary N) is 2. The molecule has 9 heteroatoms. The number of carbonyl (C=O) groups excluding carboxylic acids is 2. The van der Waals surface area contributed by atoms with Crippen LogP contribution in [0.2, 0.25) is 0 Å². The number of nitrogens with zero attached hydrogens (tertiary/aromatic N) is 1. The predicted molar refractivity (Wildman–Crippen MR) is 168 cm³/mol. The van der Waals surface area contributed by atoms with Gasteiger partial charge < -0.3 is 19.5 Å². The second kappa shape index (κ2) is 14.8. The average molecular weight is 631 g/mol. The lowest BCUT2D eigenvalue weighted by Gasteiger charge is -2.13. The van der Waals surface area contributed by atoms with Crippen LogP contribution in [0.4, 0.5) is 5.69 Å². The largest absolute Gasteiger partial charge is 0.490 e. The van der Waals surface area contributed by atoms with Gasteiger partial charge in [0.2, 0.25) is 0 Å². The quantitative estimate of drug-likeness (QED) is 0.132. The van der Waals surface area contributed by atoms with Crippen molar-refractivity contribution in [2.75, 3.05) is 18.5 Å². The molecular weight excluding hydrogens is 598 g/mol. The average Bonchev–Trinajstić information content (AvgIpc) is 2.99. The van der Waals surface area contributed by atoms with Crippen LogP contribution in [-0.4, -0.2) is 31.2 Å². The van der Waals surface area contributed by atoms with Gasteiger partial charge in [-0.15, -0.1) is 0 Å². The van der Waals surface area contributed by atoms with Gasteiger partial charge in [0.05, 0.1) is 12.8 Å². The van der Waals surface area contributed by atoms with Crippen molar-refractivity contribution in [3.63, 3.8) is 0 Å². The molecule has 0 radical (unpaired) electrons. The topological polar surface area (TPSA) is 98.3 Å². The number of halogens is 1. The summed E-state index contributed by atoms with van der Waals surface area (Å²) in [4.78, 5) is 25.4. The molecule has 2 amide bonds. The Kier molecular flexibility index (Phi) is 10.7. The number of amides is 2. The van der Waals surface area contributed by atoms with Crippen molar-refractivity contribution in [1.82, 2.24) is 5.43 Å². The molecule has 0 bridgehead atoms. The van der Waals surface area contributed by atoms with Gasteiger partial charge in [-0.2, -0.15) is 5.10 Å². The highest BCUT2D eigenvalue weighted by molar-refractivity contribution is 9.10. The Morgan fingerprint density at radius 2 is 1.64 bits per heavy atom. The lowest BCUT2D eigenvalue weighted by Crippen LogP contribution is -2.21. The second-order valence-electron chi connectivity index (χ2n) is 9.33. The number of ether oxygens (including phenoxy) is 3. The van der Waals surface area contributed by atoms with Gasteiger partial charge in [-0.25, -0.2) is 5.43 Å². The summed E-state index contributed by atoms with van der Waals surface area (Å²) in [5.41, 5.74) is 7.32. The van der Waals surface area contributed by atoms with Crippen molar-refractivity contribution < 1.29 is 23.8 Å². The summed E-state index contributed by atoms with van der Waals surface area (Å²) in [7, 11) is 0. The molecule has 0 saturated heterocycles. The summed E-state index contributed by atoms with van der Waals surface area (Å²) in [5, 5.41) is 6.99. The molecule has 2 N–H and O–H groups in total. The highest BCUT2D eigenvalue weighted by Gasteiger charge is 2.13. The Morgan fingerprint density at radius 3 is 2.43 bits per heavy atom. The Bertz CT molecular complexity index is 1570. The second-order valence-corrected chi connectivity index (χ2v) is 10.3. The van der Waals surface area contributed by atoms with Gasteiger partial charge in [-0.05, 0) is 79.9 Å². The summed E-state index contributed by atoms with van der Waals surface area (Å²) in [6, 6.07) is 25.8. The van der Waals surface area contributed by atoms with Gasteiger partial charge >= 0.3 is 0 Å². The van der Waals surface area contributed by atoms with Crippen LogP contribution in [-0.2, 0) is 11.4 Å². The van der Waals surface area contributed by atoms with E-state index in [1.54, 1.807) is 36.4 Å². The Balaban J connectivity index is 1.38. The molecule has 0 atom stereocenters. The van der Waals surface area contributed by atoms with E-state index >= 15 is 0 Å². The molecule has 42 heavy (non-hydrogen) atoms. The van der Waals surface area contributed by atoms with E-state index in [0.29, 0.717) is 41.6 Å². The number of hydrogen-bond donors (Lipinski definition) is 2. The summed E-state index contributed by atoms with van der Waals surface area (Å²) < 4.78 is 18.2. The number of rotatable bonds is 12. The predicted octanol–water partition coefficient (Wildman–Crippen LogP) is 6.83. The van der Waals surface area contributed by atoms with E-state index in [2.05, 4.69) is 31.8 Å². The minimum atomic E-state index is -0.424. The normalized spacial score (nSPS) is 10.8. The maximum Gasteiger partial charge on any atom is 0.271 e. The molecule has 0 saturated carbocycles. The van der Waals surface area contributed by atoms with Crippen LogP contribution in [0.1, 0.15) is 39.5 Å². The molecule has 0 aliphatic carbocycles. The number of hydrazone groups is 1. The maximum absolute atomic E-state index is 12.9. The molecule has 0 heterocycles. The van der Waals surface area contributed by atoms with Crippen LogP contribution >= 0.6 is 15.9 Å². The third-order valence-electron chi connectivity index (χ3n) is 6.32. The molecule has 4 rings (SSSR count). The number of anilines is 1. The lowest BCUT2D eigenvalue weighted by atomic mass is 10.1. The zero-order valence-corrected chi connectivity index (χ0v) is 25.2. The van der Waals surface area contributed by atoms with Crippen LogP contribution in [0.3, 0.4) is 0 Å². The van der Waals surface area contributed by atoms with Crippen molar-refractivity contribution in [1.29, 1.82) is 0 Å². The van der Waals surface area contributed by atoms with Crippen LogP contribution in [0, 0.1) is 13.8 Å². The summed E-state index contributed by atoms with van der Waals surface area (Å²) in [6.07, 6.45) is 1.46. The van der Waals surface area contributed by atoms with Gasteiger partial charge in [-0.1, -0.05) is 58.4 Å². The van der Waals surface area contributed by atoms with Crippen molar-refractivity contribution >= 4 is 39.6 Å². The van der Waals surface area contributed by atoms with Crippen molar-refractivity contribution in [2.24, 2.45) is 5.10 Å². The molecule has 4 aromatic carbocycles. The fourth-order valence-corrected chi connectivity index (χ4v) is 4.34. The summed E-state index contributed by atoms with van der Waals surface area (Å²) >= 11 is 3.44. The molecule has 4 aromatic rings. The van der Waals surface area contributed by atoms with Crippen LogP contribution in [0.5, 0.6) is 17.2 Å². The van der Waals surface area contributed by atoms with Gasteiger partial charge in [0.1, 0.15) is 12.4 Å². The van der Waals surface area contributed by atoms with Gasteiger partial charge in [-0.3, -0.25) is 9.59 Å². The molecule has 0 aliphatic heterocycles. The lowest BCUT2D eigenvalue weighted by molar-refractivity contribution is -0.118. The molecule has 0 spiro atoms. The van der Waals surface area contributed by atoms with E-state index in [4.69, 9.17) is 14.2 Å². The Labute approximate surface area is 253 Å². The molecule has 216 valence electrons. The highest BCUT2D eigenvalue weighted by Crippen LogP contribution is 2.29. The van der Waals surface area contributed by atoms with Crippen molar-refractivity contribution in [3.8, 4) is 17.2 Å². The Morgan fingerprint density at radius 1 is 0.857 bits per heavy atom. The maximum atomic E-state index is 12.9. The molecule has 0 fully saturated rings. The molecule has 0 aromatic heterocycles. The molecule has 0 unspecified atom stereocenters. The summed E-state index contributed by atoms with van der Waals surface area (Å²) in [6.45, 7) is 6.40. The van der Waals surface area contributed by atoms with E-state index < -0.39 is 5.91 Å². The highest BCUT2D eigenvalue weighted by atomic mass is 79.9. The third kappa shape index (κ3) is 8.44. The molecule has 8 nitrogen and oxygen atoms in total. The SMILES string of the molecule is CCOc1cc(C(=O)N/N=C/c2cc(Br)ccc2OCC(=O)Nc2cccc(C)c2C)ccc1OCc1ccccc1. The standard InChI is InChI=1S/C33H32BrN3O5/c1-4-40-31-18-25(13-15-30(31)41-20-24-10-6-5-7-11-24)33(39)37-35-19-26-17-27(34)14-16-29(26)42-21-32(38)36-28-12-8-9-22(2)23(28)3/h5-19H,4,20-21H2,1-3H3,(H,36,38)(H,37,39)/b35-19+. The minimum absolute atomic E-state index is 0.193. The Hall–Kier alpha value is -4.63. The van der Waals surface area contributed by atoms with E-state index in [-0.39, 0.29) is 12.5 Å². The monoisotopic (exact) mass is 629 g/mol. The first-order chi connectivity index (χ1) is 20.3. The van der Waals surface area contributed by atoms with Crippen LogP contribution < -0.4 is 25.0 Å². The number of aryl methyl sites for hydroxylation is 1. The molecular formula is C33H32BrN3O5. The van der Waals surface area contributed by atoms with E-state index in [1.165, 1.54) is 6.21 Å². The van der Waals surface area contributed by atoms with E-state index in [0.717, 1.165) is 26.9 Å². The number of benzene rings is 4. The first-order valence-electron chi connectivity index (χ1n) is 13.4. The number of hydrogen-bond acceptors (Lipinski definition) is 6. The molecule has 0 aliphatic rings. The van der Waals surface area contributed by atoms with Gasteiger partial charge in [0.15, 0.2) is 18.1 Å². The summed E-state index contributed by atoms with van der Waals surface area (Å²) in [5.74, 6) is 0.729. The smallest absolute Gasteiger partial charge is 0.271 e. The minimum Gasteiger partial charge on any atom is -0.490 e. The van der Waals surface area contributed by atoms with Crippen molar-refractivity contribution in [2.45, 2.75) is 27.4 Å². The third-order valence-corrected chi connectivity index (χ3v) is 6.82. The fourth-order valence-electron chi connectivity index (χ4n) is 3.96. The van der Waals surface area contributed by atoms with Gasteiger partial charge in [0, 0.05) is 21.3 Å². The first-order valence-corrected chi connectivity index (χ1v) is 14.2. The fraction of sp³-hybridized carbons (Fsp3) is 0.182. The van der Waals surface area contributed by atoms with Crippen LogP contribution in [0.25, 0.3) is 0 Å². The van der Waals surface area contributed by atoms with Gasteiger partial charge in [0.25, 0.3) is 11.8 Å². The van der Waals surface area contributed by atoms with Crippen molar-refractivity contribution in [3.05, 3.63) is 117 Å². The number of carbonyl (C=O) groups is 2. The first kappa shape index (κ1) is 30.3. The van der Waals surface area contributed by atoms with Crippen LogP contribution in [0.15, 0.2) is 94.5 Å². The van der Waals surface area contributed by atoms with E-state index in [1.807, 2.05) is 69.3 Å². The zero-order chi connectivity index (χ0) is 29.9. The zero-order valence-electron chi connectivity index (χ0n) is 23.6. The van der Waals surface area contributed by atoms with E-state index in [9.17, 15) is 9.59 Å².